The van der Waals surface area contributed by atoms with Gasteiger partial charge in [0.15, 0.2) is 5.50 Å². The molecule has 0 N–H and O–H groups in total. The van der Waals surface area contributed by atoms with Crippen molar-refractivity contribution in [3.63, 3.8) is 0 Å². The number of hydrogen-bond donors (Lipinski definition) is 0. The van der Waals surface area contributed by atoms with Gasteiger partial charge in [-0.15, -0.1) is 0 Å². The third-order valence-corrected chi connectivity index (χ3v) is 5.50. The molecule has 0 saturated heterocycles. The van der Waals surface area contributed by atoms with Gasteiger partial charge in [0.05, 0.1) is 26.2 Å². The second kappa shape index (κ2) is 12.9. The average Bonchev–Trinajstić information content (AvgIpc) is 2.52. The number of quaternary nitrogens is 1. The Morgan fingerprint density at radius 1 is 0.880 bits per heavy atom. The summed E-state index contributed by atoms with van der Waals surface area (Å²) in [7, 11) is -4.92. The van der Waals surface area contributed by atoms with E-state index in [1.165, 1.54) is 30.7 Å². The van der Waals surface area contributed by atoms with Gasteiger partial charge in [0.2, 0.25) is 0 Å². The molecule has 0 aliphatic carbocycles. The zero-order valence-corrected chi connectivity index (χ0v) is 16.6. The van der Waals surface area contributed by atoms with Crippen LogP contribution in [0.1, 0.15) is 66.2 Å². The van der Waals surface area contributed by atoms with Gasteiger partial charge in [-0.1, -0.05) is 12.8 Å². The van der Waals surface area contributed by atoms with Gasteiger partial charge in [0.25, 0.3) is 0 Å². The third-order valence-electron chi connectivity index (χ3n) is 4.64. The first-order chi connectivity index (χ1) is 11.4. The van der Waals surface area contributed by atoms with E-state index >= 15 is 0 Å². The van der Waals surface area contributed by atoms with Crippen molar-refractivity contribution in [2.24, 2.45) is 0 Å². The smallest absolute Gasteiger partial charge is 0.389 e. The molecule has 0 saturated carbocycles. The molecule has 0 aromatic carbocycles. The maximum Gasteiger partial charge on any atom is 0.389 e. The third kappa shape index (κ3) is 14.4. The van der Waals surface area contributed by atoms with E-state index in [1.54, 1.807) is 0 Å². The molecule has 0 rings (SSSR count). The quantitative estimate of drug-likeness (QED) is 0.222. The van der Waals surface area contributed by atoms with Crippen LogP contribution in [0, 0.1) is 0 Å². The van der Waals surface area contributed by atoms with Crippen LogP contribution < -0.4 is 0 Å². The number of rotatable bonds is 11. The van der Waals surface area contributed by atoms with Crippen molar-refractivity contribution in [1.29, 1.82) is 0 Å². The highest BCUT2D eigenvalue weighted by molar-refractivity contribution is 7.86. The minimum atomic E-state index is -4.92. The molecule has 0 spiro atoms. The van der Waals surface area contributed by atoms with Crippen molar-refractivity contribution in [3.8, 4) is 0 Å². The fourth-order valence-electron chi connectivity index (χ4n) is 2.47. The van der Waals surface area contributed by atoms with Gasteiger partial charge in [-0.05, 0) is 47.0 Å². The van der Waals surface area contributed by atoms with Gasteiger partial charge in [-0.2, -0.15) is 13.2 Å². The summed E-state index contributed by atoms with van der Waals surface area (Å²) in [5.41, 5.74) is -2.45. The second-order valence-corrected chi connectivity index (χ2v) is 7.57. The van der Waals surface area contributed by atoms with Crippen LogP contribution in [0.15, 0.2) is 0 Å². The maximum atomic E-state index is 12.5. The highest BCUT2D eigenvalue weighted by atomic mass is 32.2. The predicted octanol–water partition coefficient (Wildman–Crippen LogP) is 4.61. The summed E-state index contributed by atoms with van der Waals surface area (Å²) >= 11 is 0. The fourth-order valence-corrected chi connectivity index (χ4v) is 2.93. The van der Waals surface area contributed by atoms with Crippen LogP contribution in [-0.2, 0) is 10.1 Å². The van der Waals surface area contributed by atoms with Gasteiger partial charge in [-0.3, -0.25) is 0 Å². The Labute approximate surface area is 149 Å². The maximum absolute atomic E-state index is 12.5. The van der Waals surface area contributed by atoms with Crippen molar-refractivity contribution in [2.75, 3.05) is 26.2 Å². The molecule has 0 aliphatic heterocycles. The molecule has 0 amide bonds. The standard InChI is InChI=1S/C8H14F4O3S.C8H20N/c9-7(16(13,14)15)5-3-1-2-4-6-8(10,11)12;1-5-9(6-2,7-3)8-4/h7H,1-6H2,(H,13,14,15);5-8H2,1-4H3/q;+1/p-1. The molecular formula is C16H33F4NO3S. The molecule has 0 bridgehead atoms. The number of nitrogens with zero attached hydrogens (tertiary/aromatic N) is 1. The van der Waals surface area contributed by atoms with Crippen molar-refractivity contribution >= 4 is 10.1 Å². The Morgan fingerprint density at radius 2 is 1.28 bits per heavy atom. The molecule has 0 heterocycles. The van der Waals surface area contributed by atoms with E-state index in [0.717, 1.165) is 0 Å². The van der Waals surface area contributed by atoms with Crippen LogP contribution in [0.2, 0.25) is 0 Å². The molecule has 1 unspecified atom stereocenters. The van der Waals surface area contributed by atoms with Crippen LogP contribution in [0.3, 0.4) is 0 Å². The molecule has 1 atom stereocenters. The van der Waals surface area contributed by atoms with E-state index in [1.807, 2.05) is 0 Å². The first-order valence-corrected chi connectivity index (χ1v) is 10.3. The minimum Gasteiger partial charge on any atom is -0.746 e. The summed E-state index contributed by atoms with van der Waals surface area (Å²) in [6.45, 7) is 14.2. The average molecular weight is 396 g/mol. The number of unbranched alkanes of at least 4 members (excludes halogenated alkanes) is 3. The predicted molar refractivity (Wildman–Crippen MR) is 90.8 cm³/mol. The Balaban J connectivity index is 0. The highest BCUT2D eigenvalue weighted by Crippen LogP contribution is 2.23. The van der Waals surface area contributed by atoms with E-state index in [9.17, 15) is 30.5 Å². The van der Waals surface area contributed by atoms with Gasteiger partial charge < -0.3 is 9.04 Å². The second-order valence-electron chi connectivity index (χ2n) is 6.08. The number of hydrogen-bond acceptors (Lipinski definition) is 3. The monoisotopic (exact) mass is 395 g/mol. The van der Waals surface area contributed by atoms with E-state index in [2.05, 4.69) is 27.7 Å². The van der Waals surface area contributed by atoms with Gasteiger partial charge in [0.1, 0.15) is 10.1 Å². The van der Waals surface area contributed by atoms with Gasteiger partial charge in [0, 0.05) is 6.42 Å². The van der Waals surface area contributed by atoms with Crippen LogP contribution in [-0.4, -0.2) is 55.3 Å². The largest absolute Gasteiger partial charge is 0.746 e. The molecule has 25 heavy (non-hydrogen) atoms. The van der Waals surface area contributed by atoms with Crippen molar-refractivity contribution < 1.29 is 35.0 Å². The van der Waals surface area contributed by atoms with Gasteiger partial charge in [-0.25, -0.2) is 12.8 Å². The van der Waals surface area contributed by atoms with E-state index in [-0.39, 0.29) is 25.7 Å². The topological polar surface area (TPSA) is 57.2 Å². The van der Waals surface area contributed by atoms with E-state index in [4.69, 9.17) is 0 Å². The van der Waals surface area contributed by atoms with Gasteiger partial charge >= 0.3 is 6.18 Å². The summed E-state index contributed by atoms with van der Waals surface area (Å²) in [4.78, 5) is 0. The Bertz CT molecular complexity index is 406. The van der Waals surface area contributed by atoms with Crippen LogP contribution in [0.25, 0.3) is 0 Å². The van der Waals surface area contributed by atoms with E-state index in [0.29, 0.717) is 0 Å². The molecule has 9 heteroatoms. The first kappa shape index (κ1) is 26.8. The van der Waals surface area contributed by atoms with E-state index < -0.39 is 34.6 Å². The molecule has 0 aromatic heterocycles. The summed E-state index contributed by atoms with van der Waals surface area (Å²) < 4.78 is 79.1. The van der Waals surface area contributed by atoms with Crippen LogP contribution >= 0.6 is 0 Å². The number of halogens is 4. The summed E-state index contributed by atoms with van der Waals surface area (Å²) in [5.74, 6) is 0. The SMILES string of the molecule is CC[N+](CC)(CC)CC.O=S(=O)([O-])C(F)CCCCCCC(F)(F)F. The zero-order chi connectivity index (χ0) is 20.1. The lowest BCUT2D eigenvalue weighted by molar-refractivity contribution is -0.921. The highest BCUT2D eigenvalue weighted by Gasteiger charge is 2.25. The lowest BCUT2D eigenvalue weighted by Crippen LogP contribution is -2.47. The summed E-state index contributed by atoms with van der Waals surface area (Å²) in [6, 6.07) is 0. The molecule has 154 valence electrons. The van der Waals surface area contributed by atoms with Crippen LogP contribution in [0.5, 0.6) is 0 Å². The zero-order valence-electron chi connectivity index (χ0n) is 15.7. The molecule has 0 aliphatic rings. The normalized spacial score (nSPS) is 14.0. The molecule has 0 fully saturated rings. The molecule has 0 aromatic rings. The fraction of sp³-hybridized carbons (Fsp3) is 1.00. The number of alkyl halides is 4. The Morgan fingerprint density at radius 3 is 1.56 bits per heavy atom. The minimum absolute atomic E-state index is 0.0649. The molecule has 0 radical (unpaired) electrons. The Kier molecular flexibility index (Phi) is 13.8. The van der Waals surface area contributed by atoms with Crippen molar-refractivity contribution in [2.45, 2.75) is 77.9 Å². The Hall–Kier alpha value is -0.410. The molecular weight excluding hydrogens is 362 g/mol. The molecule has 4 nitrogen and oxygen atoms in total. The summed E-state index contributed by atoms with van der Waals surface area (Å²) in [6.07, 6.45) is -4.98. The van der Waals surface area contributed by atoms with Crippen LogP contribution in [0.4, 0.5) is 17.6 Å². The summed E-state index contributed by atoms with van der Waals surface area (Å²) in [5, 5.41) is 0. The van der Waals surface area contributed by atoms with Crippen molar-refractivity contribution in [3.05, 3.63) is 0 Å². The van der Waals surface area contributed by atoms with Crippen molar-refractivity contribution in [1.82, 2.24) is 0 Å². The lowest BCUT2D eigenvalue weighted by atomic mass is 10.1. The first-order valence-electron chi connectivity index (χ1n) is 8.88. The lowest BCUT2D eigenvalue weighted by Gasteiger charge is -2.34.